The highest BCUT2D eigenvalue weighted by molar-refractivity contribution is 7.12. The van der Waals surface area contributed by atoms with Crippen LogP contribution >= 0.6 is 11.3 Å². The molecular formula is C14H22F3NOS. The molecule has 0 saturated heterocycles. The summed E-state index contributed by atoms with van der Waals surface area (Å²) in [6.45, 7) is 7.99. The van der Waals surface area contributed by atoms with Crippen LogP contribution in [0, 0.1) is 12.8 Å². The predicted octanol–water partition coefficient (Wildman–Crippen LogP) is 4.27. The minimum Gasteiger partial charge on any atom is -0.376 e. The van der Waals surface area contributed by atoms with Gasteiger partial charge in [-0.15, -0.1) is 11.3 Å². The maximum atomic E-state index is 12.0. The number of hydrogen-bond donors (Lipinski definition) is 1. The van der Waals surface area contributed by atoms with Crippen LogP contribution in [0.1, 0.15) is 35.6 Å². The molecule has 0 unspecified atom stereocenters. The van der Waals surface area contributed by atoms with E-state index in [0.717, 1.165) is 23.5 Å². The minimum atomic E-state index is -4.14. The molecule has 0 bridgehead atoms. The van der Waals surface area contributed by atoms with E-state index >= 15 is 0 Å². The number of ether oxygens (including phenoxy) is 1. The van der Waals surface area contributed by atoms with Gasteiger partial charge in [0.05, 0.1) is 19.6 Å². The van der Waals surface area contributed by atoms with Gasteiger partial charge in [-0.1, -0.05) is 13.8 Å². The Balaban J connectivity index is 2.34. The first-order chi connectivity index (χ1) is 9.28. The molecule has 1 heterocycles. The first kappa shape index (κ1) is 17.5. The molecule has 1 N–H and O–H groups in total. The van der Waals surface area contributed by atoms with Gasteiger partial charge in [-0.3, -0.25) is 0 Å². The molecule has 116 valence electrons. The van der Waals surface area contributed by atoms with E-state index in [1.807, 2.05) is 13.0 Å². The number of hydrogen-bond acceptors (Lipinski definition) is 3. The summed E-state index contributed by atoms with van der Waals surface area (Å²) >= 11 is 1.66. The molecule has 6 heteroatoms. The molecule has 1 rings (SSSR count). The molecule has 0 amide bonds. The Morgan fingerprint density at radius 2 is 2.05 bits per heavy atom. The summed E-state index contributed by atoms with van der Waals surface area (Å²) in [5.74, 6) is 0.598. The molecule has 1 aromatic rings. The van der Waals surface area contributed by atoms with Gasteiger partial charge in [-0.25, -0.2) is 0 Å². The van der Waals surface area contributed by atoms with Crippen molar-refractivity contribution in [2.45, 2.75) is 46.5 Å². The molecule has 2 nitrogen and oxygen atoms in total. The SMILES string of the molecule is Cc1sc(CNCC(C)C)cc1COCCC(F)(F)F. The number of nitrogens with one attached hydrogen (secondary N) is 1. The third-order valence-corrected chi connectivity index (χ3v) is 3.80. The molecule has 0 aliphatic carbocycles. The lowest BCUT2D eigenvalue weighted by Gasteiger charge is -2.07. The molecule has 0 atom stereocenters. The van der Waals surface area contributed by atoms with Crippen molar-refractivity contribution in [3.63, 3.8) is 0 Å². The molecule has 0 fully saturated rings. The van der Waals surface area contributed by atoms with Crippen LogP contribution in [0.4, 0.5) is 13.2 Å². The number of alkyl halides is 3. The van der Waals surface area contributed by atoms with Crippen molar-refractivity contribution < 1.29 is 17.9 Å². The lowest BCUT2D eigenvalue weighted by molar-refractivity contribution is -0.146. The zero-order chi connectivity index (χ0) is 15.2. The smallest absolute Gasteiger partial charge is 0.376 e. The van der Waals surface area contributed by atoms with Crippen LogP contribution < -0.4 is 5.32 Å². The normalized spacial score (nSPS) is 12.3. The van der Waals surface area contributed by atoms with Gasteiger partial charge in [0.2, 0.25) is 0 Å². The topological polar surface area (TPSA) is 21.3 Å². The Bertz CT molecular complexity index is 402. The fourth-order valence-electron chi connectivity index (χ4n) is 1.67. The number of aryl methyl sites for hydroxylation is 1. The van der Waals surface area contributed by atoms with Crippen molar-refractivity contribution in [1.29, 1.82) is 0 Å². The van der Waals surface area contributed by atoms with Crippen molar-refractivity contribution in [2.75, 3.05) is 13.2 Å². The van der Waals surface area contributed by atoms with E-state index in [-0.39, 0.29) is 13.2 Å². The Morgan fingerprint density at radius 3 is 2.65 bits per heavy atom. The molecule has 0 saturated carbocycles. The second kappa shape index (κ2) is 8.00. The second-order valence-electron chi connectivity index (χ2n) is 5.24. The Labute approximate surface area is 122 Å². The number of thiophene rings is 1. The maximum Gasteiger partial charge on any atom is 0.391 e. The summed E-state index contributed by atoms with van der Waals surface area (Å²) in [6.07, 6.45) is -5.03. The van der Waals surface area contributed by atoms with E-state index in [1.165, 1.54) is 4.88 Å². The van der Waals surface area contributed by atoms with Crippen molar-refractivity contribution >= 4 is 11.3 Å². The molecular weight excluding hydrogens is 287 g/mol. The van der Waals surface area contributed by atoms with Gasteiger partial charge in [0, 0.05) is 16.3 Å². The third kappa shape index (κ3) is 7.26. The number of halogens is 3. The van der Waals surface area contributed by atoms with Crippen LogP contribution in [0.3, 0.4) is 0 Å². The van der Waals surface area contributed by atoms with E-state index < -0.39 is 12.6 Å². The van der Waals surface area contributed by atoms with Crippen molar-refractivity contribution in [1.82, 2.24) is 5.32 Å². The molecule has 0 radical (unpaired) electrons. The van der Waals surface area contributed by atoms with Crippen LogP contribution in [0.5, 0.6) is 0 Å². The molecule has 20 heavy (non-hydrogen) atoms. The quantitative estimate of drug-likeness (QED) is 0.724. The van der Waals surface area contributed by atoms with E-state index in [1.54, 1.807) is 11.3 Å². The average molecular weight is 309 g/mol. The lowest BCUT2D eigenvalue weighted by atomic mass is 10.2. The molecule has 1 aromatic heterocycles. The van der Waals surface area contributed by atoms with Crippen LogP contribution in [0.25, 0.3) is 0 Å². The van der Waals surface area contributed by atoms with Crippen LogP contribution in [0.2, 0.25) is 0 Å². The zero-order valence-electron chi connectivity index (χ0n) is 12.1. The van der Waals surface area contributed by atoms with Crippen LogP contribution in [-0.2, 0) is 17.9 Å². The fraction of sp³-hybridized carbons (Fsp3) is 0.714. The molecule has 0 aromatic carbocycles. The van der Waals surface area contributed by atoms with Crippen LogP contribution in [0.15, 0.2) is 6.07 Å². The Kier molecular flexibility index (Phi) is 6.99. The summed E-state index contributed by atoms with van der Waals surface area (Å²) in [7, 11) is 0. The monoisotopic (exact) mass is 309 g/mol. The molecule has 0 spiro atoms. The summed E-state index contributed by atoms with van der Waals surface area (Å²) in [5, 5.41) is 3.35. The van der Waals surface area contributed by atoms with E-state index in [0.29, 0.717) is 5.92 Å². The van der Waals surface area contributed by atoms with E-state index in [9.17, 15) is 13.2 Å². The highest BCUT2D eigenvalue weighted by atomic mass is 32.1. The van der Waals surface area contributed by atoms with Gasteiger partial charge in [0.15, 0.2) is 0 Å². The van der Waals surface area contributed by atoms with Gasteiger partial charge in [0.25, 0.3) is 0 Å². The zero-order valence-corrected chi connectivity index (χ0v) is 13.0. The summed E-state index contributed by atoms with van der Waals surface area (Å²) < 4.78 is 41.0. The highest BCUT2D eigenvalue weighted by Crippen LogP contribution is 2.23. The first-order valence-corrected chi connectivity index (χ1v) is 7.53. The van der Waals surface area contributed by atoms with Gasteiger partial charge >= 0.3 is 6.18 Å². The Morgan fingerprint density at radius 1 is 1.35 bits per heavy atom. The summed E-state index contributed by atoms with van der Waals surface area (Å²) in [5.41, 5.74) is 0.985. The molecule has 0 aliphatic rings. The first-order valence-electron chi connectivity index (χ1n) is 6.71. The van der Waals surface area contributed by atoms with Crippen molar-refractivity contribution in [3.05, 3.63) is 21.4 Å². The third-order valence-electron chi connectivity index (χ3n) is 2.71. The lowest BCUT2D eigenvalue weighted by Crippen LogP contribution is -2.18. The second-order valence-corrected chi connectivity index (χ2v) is 6.58. The fourth-order valence-corrected chi connectivity index (χ4v) is 2.69. The average Bonchev–Trinajstić information content (AvgIpc) is 2.64. The minimum absolute atomic E-state index is 0.253. The van der Waals surface area contributed by atoms with Crippen molar-refractivity contribution in [2.24, 2.45) is 5.92 Å². The highest BCUT2D eigenvalue weighted by Gasteiger charge is 2.26. The van der Waals surface area contributed by atoms with Gasteiger partial charge < -0.3 is 10.1 Å². The standard InChI is InChI=1S/C14H22F3NOS/c1-10(2)7-18-8-13-6-12(11(3)20-13)9-19-5-4-14(15,16)17/h6,10,18H,4-5,7-9H2,1-3H3. The predicted molar refractivity (Wildman–Crippen MR) is 75.9 cm³/mol. The maximum absolute atomic E-state index is 12.0. The van der Waals surface area contributed by atoms with E-state index in [2.05, 4.69) is 19.2 Å². The summed E-state index contributed by atoms with van der Waals surface area (Å²) in [4.78, 5) is 2.30. The molecule has 0 aliphatic heterocycles. The van der Waals surface area contributed by atoms with Gasteiger partial charge in [-0.2, -0.15) is 13.2 Å². The Hall–Kier alpha value is -0.590. The van der Waals surface area contributed by atoms with E-state index in [4.69, 9.17) is 4.74 Å². The largest absolute Gasteiger partial charge is 0.391 e. The van der Waals surface area contributed by atoms with Gasteiger partial charge in [0.1, 0.15) is 0 Å². The van der Waals surface area contributed by atoms with Gasteiger partial charge in [-0.05, 0) is 31.0 Å². The van der Waals surface area contributed by atoms with Crippen LogP contribution in [-0.4, -0.2) is 19.3 Å². The van der Waals surface area contributed by atoms with Crippen molar-refractivity contribution in [3.8, 4) is 0 Å². The number of rotatable bonds is 8. The summed E-state index contributed by atoms with van der Waals surface area (Å²) in [6, 6.07) is 2.01.